The van der Waals surface area contributed by atoms with Gasteiger partial charge in [0, 0.05) is 19.4 Å². The number of aromatic carboxylic acids is 1. The third-order valence-electron chi connectivity index (χ3n) is 6.48. The molecule has 0 amide bonds. The Kier molecular flexibility index (Phi) is 6.58. The fourth-order valence-corrected chi connectivity index (χ4v) is 4.21. The number of rotatable bonds is 8. The molecule has 0 saturated carbocycles. The number of nitrogens with zero attached hydrogens (tertiary/aromatic N) is 3. The summed E-state index contributed by atoms with van der Waals surface area (Å²) in [5, 5.41) is 9.14. The average molecular weight is 426 g/mol. The predicted octanol–water partition coefficient (Wildman–Crippen LogP) is 5.86. The number of hydrogen-bond donors (Lipinski definition) is 1. The summed E-state index contributed by atoms with van der Waals surface area (Å²) in [5.41, 5.74) is 3.80. The first-order valence-corrected chi connectivity index (χ1v) is 11.2. The summed E-state index contributed by atoms with van der Waals surface area (Å²) >= 11 is 0. The number of benzene rings is 1. The normalized spacial score (nSPS) is 16.5. The van der Waals surface area contributed by atoms with Gasteiger partial charge in [-0.3, -0.25) is 0 Å². The van der Waals surface area contributed by atoms with Gasteiger partial charge in [0.2, 0.25) is 5.95 Å². The van der Waals surface area contributed by atoms with Gasteiger partial charge in [-0.15, -0.1) is 0 Å². The standard InChI is InChI=1S/C25H35N3O3/c1-7-8-9-12-31-21-14-19-18(24(2,3)10-11-25(19,4)5)13-20(21)28(6)23-26-15-17(16-27-23)22(29)30/h13-16H,7-12H2,1-6H3,(H,29,30). The maximum absolute atomic E-state index is 11.2. The molecule has 2 aromatic rings. The zero-order valence-electron chi connectivity index (χ0n) is 19.7. The van der Waals surface area contributed by atoms with E-state index in [1.807, 2.05) is 11.9 Å². The summed E-state index contributed by atoms with van der Waals surface area (Å²) in [5.74, 6) is 0.234. The lowest BCUT2D eigenvalue weighted by atomic mass is 9.63. The number of unbranched alkanes of at least 4 members (excludes halogenated alkanes) is 2. The van der Waals surface area contributed by atoms with Gasteiger partial charge in [-0.1, -0.05) is 47.5 Å². The van der Waals surface area contributed by atoms with E-state index in [2.05, 4.69) is 56.7 Å². The SMILES string of the molecule is CCCCCOc1cc2c(cc1N(C)c1ncc(C(=O)O)cn1)C(C)(C)CCC2(C)C. The number of anilines is 2. The molecule has 1 aliphatic rings. The molecule has 31 heavy (non-hydrogen) atoms. The van der Waals surface area contributed by atoms with Gasteiger partial charge < -0.3 is 14.7 Å². The van der Waals surface area contributed by atoms with Crippen LogP contribution in [0.5, 0.6) is 5.75 Å². The van der Waals surface area contributed by atoms with Crippen LogP contribution in [0.25, 0.3) is 0 Å². The molecule has 0 radical (unpaired) electrons. The van der Waals surface area contributed by atoms with Crippen molar-refractivity contribution in [3.63, 3.8) is 0 Å². The van der Waals surface area contributed by atoms with E-state index in [-0.39, 0.29) is 16.4 Å². The van der Waals surface area contributed by atoms with E-state index in [0.29, 0.717) is 12.6 Å². The minimum absolute atomic E-state index is 0.0647. The number of hydrogen-bond acceptors (Lipinski definition) is 5. The second-order valence-corrected chi connectivity index (χ2v) is 9.82. The number of aromatic nitrogens is 2. The molecule has 1 N–H and O–H groups in total. The minimum atomic E-state index is -1.04. The molecule has 0 bridgehead atoms. The smallest absolute Gasteiger partial charge is 0.338 e. The Labute approximate surface area is 185 Å². The average Bonchev–Trinajstić information content (AvgIpc) is 2.74. The van der Waals surface area contributed by atoms with Crippen LogP contribution in [0.3, 0.4) is 0 Å². The molecule has 0 aliphatic heterocycles. The van der Waals surface area contributed by atoms with Crippen LogP contribution >= 0.6 is 0 Å². The molecular weight excluding hydrogens is 390 g/mol. The van der Waals surface area contributed by atoms with Crippen LogP contribution in [0.4, 0.5) is 11.6 Å². The number of carboxylic acids is 1. The summed E-state index contributed by atoms with van der Waals surface area (Å²) in [6, 6.07) is 4.43. The lowest BCUT2D eigenvalue weighted by Crippen LogP contribution is -2.34. The van der Waals surface area contributed by atoms with E-state index in [4.69, 9.17) is 9.84 Å². The van der Waals surface area contributed by atoms with Gasteiger partial charge in [-0.25, -0.2) is 14.8 Å². The van der Waals surface area contributed by atoms with Gasteiger partial charge in [0.1, 0.15) is 5.75 Å². The van der Waals surface area contributed by atoms with Crippen LogP contribution in [0.15, 0.2) is 24.5 Å². The monoisotopic (exact) mass is 425 g/mol. The molecule has 0 atom stereocenters. The molecule has 168 valence electrons. The van der Waals surface area contributed by atoms with Crippen LogP contribution in [-0.2, 0) is 10.8 Å². The van der Waals surface area contributed by atoms with E-state index in [0.717, 1.165) is 43.5 Å². The second kappa shape index (κ2) is 8.85. The Morgan fingerprint density at radius 3 is 2.19 bits per heavy atom. The molecule has 0 saturated heterocycles. The molecular formula is C25H35N3O3. The zero-order valence-corrected chi connectivity index (χ0v) is 19.7. The number of carbonyl (C=O) groups is 1. The first kappa shape index (κ1) is 23.0. The van der Waals surface area contributed by atoms with Crippen molar-refractivity contribution in [1.82, 2.24) is 9.97 Å². The Morgan fingerprint density at radius 2 is 1.65 bits per heavy atom. The molecule has 3 rings (SSSR count). The maximum Gasteiger partial charge on any atom is 0.338 e. The molecule has 1 aromatic carbocycles. The Bertz CT molecular complexity index is 936. The molecule has 0 unspecified atom stereocenters. The molecule has 1 aliphatic carbocycles. The molecule has 0 spiro atoms. The maximum atomic E-state index is 11.2. The Hall–Kier alpha value is -2.63. The fraction of sp³-hybridized carbons (Fsp3) is 0.560. The second-order valence-electron chi connectivity index (χ2n) is 9.82. The Morgan fingerprint density at radius 1 is 1.06 bits per heavy atom. The van der Waals surface area contributed by atoms with Gasteiger partial charge in [0.15, 0.2) is 0 Å². The summed E-state index contributed by atoms with van der Waals surface area (Å²) in [4.78, 5) is 21.6. The predicted molar refractivity (Wildman–Crippen MR) is 124 cm³/mol. The van der Waals surface area contributed by atoms with E-state index in [1.54, 1.807) is 0 Å². The van der Waals surface area contributed by atoms with Gasteiger partial charge >= 0.3 is 5.97 Å². The van der Waals surface area contributed by atoms with Crippen LogP contribution in [0, 0.1) is 0 Å². The van der Waals surface area contributed by atoms with Crippen LogP contribution in [0.1, 0.15) is 88.2 Å². The van der Waals surface area contributed by atoms with Crippen molar-refractivity contribution in [2.75, 3.05) is 18.6 Å². The van der Waals surface area contributed by atoms with Crippen molar-refractivity contribution < 1.29 is 14.6 Å². The van der Waals surface area contributed by atoms with Crippen molar-refractivity contribution >= 4 is 17.6 Å². The van der Waals surface area contributed by atoms with Crippen molar-refractivity contribution in [2.24, 2.45) is 0 Å². The zero-order chi connectivity index (χ0) is 22.8. The first-order valence-electron chi connectivity index (χ1n) is 11.2. The van der Waals surface area contributed by atoms with E-state index in [1.165, 1.54) is 23.5 Å². The topological polar surface area (TPSA) is 75.5 Å². The van der Waals surface area contributed by atoms with Crippen LogP contribution < -0.4 is 9.64 Å². The van der Waals surface area contributed by atoms with Crippen molar-refractivity contribution in [3.05, 3.63) is 41.2 Å². The summed E-state index contributed by atoms with van der Waals surface area (Å²) in [6.45, 7) is 12.0. The third kappa shape index (κ3) is 4.83. The summed E-state index contributed by atoms with van der Waals surface area (Å²) < 4.78 is 6.28. The van der Waals surface area contributed by atoms with Crippen molar-refractivity contribution in [3.8, 4) is 5.75 Å². The van der Waals surface area contributed by atoms with Crippen molar-refractivity contribution in [1.29, 1.82) is 0 Å². The highest BCUT2D eigenvalue weighted by Gasteiger charge is 2.38. The minimum Gasteiger partial charge on any atom is -0.491 e. The lowest BCUT2D eigenvalue weighted by molar-refractivity contribution is 0.0696. The Balaban J connectivity index is 2.06. The largest absolute Gasteiger partial charge is 0.491 e. The van der Waals surface area contributed by atoms with Crippen LogP contribution in [-0.4, -0.2) is 34.7 Å². The highest BCUT2D eigenvalue weighted by atomic mass is 16.5. The van der Waals surface area contributed by atoms with Crippen LogP contribution in [0.2, 0.25) is 0 Å². The summed E-state index contributed by atoms with van der Waals surface area (Å²) in [6.07, 6.45) is 8.23. The van der Waals surface area contributed by atoms with E-state index in [9.17, 15) is 4.79 Å². The molecule has 1 aromatic heterocycles. The lowest BCUT2D eigenvalue weighted by Gasteiger charge is -2.42. The highest BCUT2D eigenvalue weighted by molar-refractivity contribution is 5.87. The van der Waals surface area contributed by atoms with Gasteiger partial charge in [0.05, 0.1) is 17.9 Å². The van der Waals surface area contributed by atoms with Crippen molar-refractivity contribution in [2.45, 2.75) is 77.6 Å². The highest BCUT2D eigenvalue weighted by Crippen LogP contribution is 2.49. The molecule has 0 fully saturated rings. The van der Waals surface area contributed by atoms with Gasteiger partial charge in [-0.05, 0) is 53.4 Å². The number of ether oxygens (including phenoxy) is 1. The first-order chi connectivity index (χ1) is 14.6. The third-order valence-corrected chi connectivity index (χ3v) is 6.48. The molecule has 6 heteroatoms. The van der Waals surface area contributed by atoms with E-state index < -0.39 is 5.97 Å². The fourth-order valence-electron chi connectivity index (χ4n) is 4.21. The molecule has 6 nitrogen and oxygen atoms in total. The molecule has 1 heterocycles. The van der Waals surface area contributed by atoms with Gasteiger partial charge in [0.25, 0.3) is 0 Å². The van der Waals surface area contributed by atoms with E-state index >= 15 is 0 Å². The quantitative estimate of drug-likeness (QED) is 0.534. The summed E-state index contributed by atoms with van der Waals surface area (Å²) in [7, 11) is 1.90. The number of fused-ring (bicyclic) bond motifs is 1. The van der Waals surface area contributed by atoms with Gasteiger partial charge in [-0.2, -0.15) is 0 Å². The number of carboxylic acid groups (broad SMARTS) is 1.